The molecule has 0 unspecified atom stereocenters. The van der Waals surface area contributed by atoms with Crippen LogP contribution in [0.4, 0.5) is 5.82 Å². The molecule has 216 valence electrons. The number of nitrogens with zero attached hydrogens (tertiary/aromatic N) is 5. The highest BCUT2D eigenvalue weighted by Gasteiger charge is 2.52. The van der Waals surface area contributed by atoms with Crippen molar-refractivity contribution >= 4 is 46.5 Å². The summed E-state index contributed by atoms with van der Waals surface area (Å²) in [7, 11) is 0. The molecule has 1 aromatic carbocycles. The van der Waals surface area contributed by atoms with Gasteiger partial charge in [0.2, 0.25) is 5.28 Å². The van der Waals surface area contributed by atoms with E-state index in [4.69, 9.17) is 30.5 Å². The van der Waals surface area contributed by atoms with Crippen molar-refractivity contribution in [2.45, 2.75) is 70.0 Å². The predicted molar refractivity (Wildman–Crippen MR) is 145 cm³/mol. The van der Waals surface area contributed by atoms with Gasteiger partial charge in [0, 0.05) is 39.3 Å². The number of rotatable bonds is 6. The maximum Gasteiger partial charge on any atom is 0.303 e. The fourth-order valence-corrected chi connectivity index (χ4v) is 6.53. The molecule has 2 fully saturated rings. The number of anilines is 1. The van der Waals surface area contributed by atoms with E-state index in [2.05, 4.69) is 44.1 Å². The lowest BCUT2D eigenvalue weighted by atomic mass is 9.65. The molecule has 0 amide bonds. The molecule has 0 saturated carbocycles. The highest BCUT2D eigenvalue weighted by atomic mass is 35.5. The Kier molecular flexibility index (Phi) is 7.06. The zero-order chi connectivity index (χ0) is 28.9. The van der Waals surface area contributed by atoms with E-state index < -0.39 is 42.4 Å². The average molecular weight is 584 g/mol. The molecule has 4 heterocycles. The van der Waals surface area contributed by atoms with E-state index in [1.807, 2.05) is 0 Å². The van der Waals surface area contributed by atoms with E-state index >= 15 is 0 Å². The fourth-order valence-electron chi connectivity index (χ4n) is 6.37. The largest absolute Gasteiger partial charge is 0.463 e. The van der Waals surface area contributed by atoms with Crippen LogP contribution in [0.3, 0.4) is 0 Å². The number of imidazole rings is 1. The van der Waals surface area contributed by atoms with Crippen LogP contribution in [0, 0.1) is 0 Å². The molecule has 3 aromatic rings. The Morgan fingerprint density at radius 3 is 2.51 bits per heavy atom. The van der Waals surface area contributed by atoms with Gasteiger partial charge in [-0.2, -0.15) is 9.97 Å². The van der Waals surface area contributed by atoms with Crippen molar-refractivity contribution in [2.75, 3.05) is 24.6 Å². The van der Waals surface area contributed by atoms with Crippen LogP contribution in [0.2, 0.25) is 5.28 Å². The van der Waals surface area contributed by atoms with Gasteiger partial charge in [-0.3, -0.25) is 19.0 Å². The van der Waals surface area contributed by atoms with Gasteiger partial charge in [-0.1, -0.05) is 24.3 Å². The number of hydrogen-bond donors (Lipinski definition) is 0. The maximum absolute atomic E-state index is 12.1. The Bertz CT molecular complexity index is 1520. The lowest BCUT2D eigenvalue weighted by Gasteiger charge is -2.53. The van der Waals surface area contributed by atoms with Gasteiger partial charge in [0.1, 0.15) is 12.7 Å². The number of fused-ring (bicyclic) bond motifs is 3. The number of benzene rings is 1. The second-order valence-corrected chi connectivity index (χ2v) is 11.1. The van der Waals surface area contributed by atoms with Crippen molar-refractivity contribution in [3.8, 4) is 0 Å². The summed E-state index contributed by atoms with van der Waals surface area (Å²) in [4.78, 5) is 51.3. The first-order chi connectivity index (χ1) is 19.6. The Morgan fingerprint density at radius 1 is 1.05 bits per heavy atom. The Balaban J connectivity index is 1.34. The van der Waals surface area contributed by atoms with Crippen molar-refractivity contribution in [3.63, 3.8) is 0 Å². The van der Waals surface area contributed by atoms with E-state index in [0.29, 0.717) is 17.0 Å². The van der Waals surface area contributed by atoms with E-state index in [-0.39, 0.29) is 17.3 Å². The zero-order valence-corrected chi connectivity index (χ0v) is 23.7. The molecule has 1 spiro atoms. The highest BCUT2D eigenvalue weighted by Crippen LogP contribution is 2.46. The van der Waals surface area contributed by atoms with Crippen LogP contribution in [0.15, 0.2) is 30.6 Å². The summed E-state index contributed by atoms with van der Waals surface area (Å²) in [5.74, 6) is -1.15. The zero-order valence-electron chi connectivity index (χ0n) is 22.9. The van der Waals surface area contributed by atoms with Gasteiger partial charge in [-0.05, 0) is 42.0 Å². The summed E-state index contributed by atoms with van der Waals surface area (Å²) < 4.78 is 24.0. The van der Waals surface area contributed by atoms with E-state index in [1.165, 1.54) is 38.2 Å². The quantitative estimate of drug-likeness (QED) is 0.241. The molecule has 0 radical (unpaired) electrons. The number of esters is 3. The third-order valence-electron chi connectivity index (χ3n) is 7.97. The number of hydrogen-bond acceptors (Lipinski definition) is 11. The van der Waals surface area contributed by atoms with Crippen LogP contribution in [-0.4, -0.2) is 75.4 Å². The summed E-state index contributed by atoms with van der Waals surface area (Å²) in [6, 6.07) is 8.61. The minimum absolute atomic E-state index is 0.0225. The number of carbonyl (C=O) groups is 3. The summed E-state index contributed by atoms with van der Waals surface area (Å²) in [6.45, 7) is 5.06. The monoisotopic (exact) mass is 583 g/mol. The van der Waals surface area contributed by atoms with Crippen molar-refractivity contribution in [1.29, 1.82) is 0 Å². The molecular weight excluding hydrogens is 554 g/mol. The van der Waals surface area contributed by atoms with E-state index in [1.54, 1.807) is 4.57 Å². The second kappa shape index (κ2) is 10.6. The van der Waals surface area contributed by atoms with Crippen LogP contribution in [0.25, 0.3) is 11.2 Å². The molecular formula is C28H30ClN5O7. The molecule has 2 aromatic heterocycles. The first-order valence-electron chi connectivity index (χ1n) is 13.5. The Hall–Kier alpha value is -3.77. The third kappa shape index (κ3) is 4.99. The molecule has 0 N–H and O–H groups in total. The lowest BCUT2D eigenvalue weighted by molar-refractivity contribution is -0.166. The van der Waals surface area contributed by atoms with Crippen LogP contribution in [0.1, 0.15) is 51.0 Å². The van der Waals surface area contributed by atoms with Crippen LogP contribution in [0.5, 0.6) is 0 Å². The number of aromatic nitrogens is 4. The van der Waals surface area contributed by atoms with Gasteiger partial charge in [-0.15, -0.1) is 0 Å². The molecule has 12 nitrogen and oxygen atoms in total. The van der Waals surface area contributed by atoms with Crippen molar-refractivity contribution in [2.24, 2.45) is 0 Å². The molecule has 4 atom stereocenters. The molecule has 3 aliphatic rings. The lowest BCUT2D eigenvalue weighted by Crippen LogP contribution is -2.61. The summed E-state index contributed by atoms with van der Waals surface area (Å²) in [5.41, 5.74) is 3.71. The minimum atomic E-state index is -1.07. The molecule has 0 bridgehead atoms. The van der Waals surface area contributed by atoms with Crippen molar-refractivity contribution in [1.82, 2.24) is 19.5 Å². The first kappa shape index (κ1) is 27.4. The molecule has 6 rings (SSSR count). The highest BCUT2D eigenvalue weighted by molar-refractivity contribution is 6.28. The number of ether oxygens (including phenoxy) is 4. The van der Waals surface area contributed by atoms with E-state index in [0.717, 1.165) is 32.4 Å². The summed E-state index contributed by atoms with van der Waals surface area (Å²) >= 11 is 6.43. The van der Waals surface area contributed by atoms with Crippen LogP contribution < -0.4 is 4.90 Å². The summed E-state index contributed by atoms with van der Waals surface area (Å²) in [6.07, 6.45) is 0.795. The fraction of sp³-hybridized carbons (Fsp3) is 0.500. The van der Waals surface area contributed by atoms with Gasteiger partial charge in [0.05, 0.1) is 6.33 Å². The van der Waals surface area contributed by atoms with Crippen LogP contribution in [-0.2, 0) is 45.2 Å². The van der Waals surface area contributed by atoms with Crippen molar-refractivity contribution in [3.05, 3.63) is 47.0 Å². The van der Waals surface area contributed by atoms with E-state index in [9.17, 15) is 14.4 Å². The number of halogens is 1. The van der Waals surface area contributed by atoms with Gasteiger partial charge in [0.25, 0.3) is 0 Å². The average Bonchev–Trinajstić information content (AvgIpc) is 3.45. The SMILES string of the molecule is CC(=O)OC[C@H]1O[C@@H](n2cnc3c(N4CC5(CCCc6ccccc65)C4)nc(Cl)nc32)[C@H](OC(C)=O)[C@@H]1OC(C)=O. The molecule has 13 heteroatoms. The Morgan fingerprint density at radius 2 is 1.78 bits per heavy atom. The maximum atomic E-state index is 12.1. The summed E-state index contributed by atoms with van der Waals surface area (Å²) in [5, 5.41) is 0.0225. The first-order valence-corrected chi connectivity index (χ1v) is 13.9. The molecule has 41 heavy (non-hydrogen) atoms. The number of aryl methyl sites for hydroxylation is 1. The normalized spacial score (nSPS) is 24.5. The molecule has 1 aliphatic carbocycles. The third-order valence-corrected chi connectivity index (χ3v) is 8.14. The predicted octanol–water partition coefficient (Wildman–Crippen LogP) is 2.90. The molecule has 2 saturated heterocycles. The smallest absolute Gasteiger partial charge is 0.303 e. The second-order valence-electron chi connectivity index (χ2n) is 10.8. The number of carbonyl (C=O) groups excluding carboxylic acids is 3. The van der Waals surface area contributed by atoms with Gasteiger partial charge in [0.15, 0.2) is 35.4 Å². The van der Waals surface area contributed by atoms with Crippen LogP contribution >= 0.6 is 11.6 Å². The topological polar surface area (TPSA) is 135 Å². The van der Waals surface area contributed by atoms with Gasteiger partial charge in [-0.25, -0.2) is 4.98 Å². The van der Waals surface area contributed by atoms with Crippen molar-refractivity contribution < 1.29 is 33.3 Å². The van der Waals surface area contributed by atoms with Gasteiger partial charge >= 0.3 is 17.9 Å². The molecule has 2 aliphatic heterocycles. The van der Waals surface area contributed by atoms with Gasteiger partial charge < -0.3 is 23.8 Å². The Labute approximate surface area is 240 Å². The minimum Gasteiger partial charge on any atom is -0.463 e. The standard InChI is InChI=1S/C28H30ClN5O7/c1-15(35)38-11-20-22(39-16(2)36)23(40-17(3)37)26(41-20)34-14-30-21-24(31-27(29)32-25(21)34)33-12-28(13-33)10-6-8-18-7-4-5-9-19(18)28/h4-5,7,9,14,20,22-23,26H,6,8,10-13H2,1-3H3/t20-,22-,23-,26-/m1/s1.